The molecular formula is C11H16N4O4S. The number of amides is 3. The normalized spacial score (nSPS) is 17.6. The second-order valence-corrected chi connectivity index (χ2v) is 4.91. The number of ether oxygens (including phenoxy) is 1. The van der Waals surface area contributed by atoms with Crippen LogP contribution in [-0.2, 0) is 14.4 Å². The number of nitrogens with two attached hydrogens (primary N) is 1. The van der Waals surface area contributed by atoms with Crippen LogP contribution in [0.4, 0.5) is 5.13 Å². The van der Waals surface area contributed by atoms with E-state index in [0.29, 0.717) is 18.0 Å². The number of aryl methyl sites for hydroxylation is 1. The number of carbonyl (C=O) groups is 3. The number of nitrogens with one attached hydrogen (secondary N) is 2. The van der Waals surface area contributed by atoms with Crippen molar-refractivity contribution in [3.8, 4) is 5.06 Å². The molecule has 0 aromatic carbocycles. The molecule has 1 aromatic heterocycles. The third kappa shape index (κ3) is 4.50. The number of methoxy groups -OCH3 is 1. The number of anilines is 1. The van der Waals surface area contributed by atoms with Crippen molar-refractivity contribution in [3.63, 3.8) is 0 Å². The van der Waals surface area contributed by atoms with Gasteiger partial charge in [0.05, 0.1) is 12.8 Å². The molecule has 110 valence electrons. The summed E-state index contributed by atoms with van der Waals surface area (Å²) in [7, 11) is 1.61. The molecule has 4 N–H and O–H groups in total. The van der Waals surface area contributed by atoms with Crippen LogP contribution in [0.3, 0.4) is 0 Å². The molecule has 1 aliphatic heterocycles. The molecule has 0 radical (unpaired) electrons. The van der Waals surface area contributed by atoms with Crippen LogP contribution in [0, 0.1) is 6.92 Å². The van der Waals surface area contributed by atoms with Crippen LogP contribution in [0.1, 0.15) is 18.5 Å². The van der Waals surface area contributed by atoms with Crippen LogP contribution in [-0.4, -0.2) is 36.4 Å². The number of nitrogen functional groups attached to an aromatic ring is 1. The first-order chi connectivity index (χ1) is 9.47. The van der Waals surface area contributed by atoms with Crippen molar-refractivity contribution < 1.29 is 19.1 Å². The molecule has 2 rings (SSSR count). The SMILES string of the molecule is COc1sc(N)nc1C.O=CNC1CCC(=O)NC1=O. The van der Waals surface area contributed by atoms with E-state index in [2.05, 4.69) is 15.6 Å². The summed E-state index contributed by atoms with van der Waals surface area (Å²) in [5.74, 6) is -0.702. The second-order valence-electron chi connectivity index (χ2n) is 3.92. The predicted octanol–water partition coefficient (Wildman–Crippen LogP) is -0.420. The molecule has 3 amide bonds. The van der Waals surface area contributed by atoms with Crippen molar-refractivity contribution in [3.05, 3.63) is 5.69 Å². The van der Waals surface area contributed by atoms with E-state index in [0.717, 1.165) is 10.8 Å². The van der Waals surface area contributed by atoms with Crippen LogP contribution in [0.25, 0.3) is 0 Å². The van der Waals surface area contributed by atoms with E-state index in [1.54, 1.807) is 7.11 Å². The summed E-state index contributed by atoms with van der Waals surface area (Å²) in [6.07, 6.45) is 1.14. The van der Waals surface area contributed by atoms with Crippen molar-refractivity contribution in [2.45, 2.75) is 25.8 Å². The van der Waals surface area contributed by atoms with Gasteiger partial charge in [0.25, 0.3) is 0 Å². The van der Waals surface area contributed by atoms with Crippen LogP contribution in [0.15, 0.2) is 0 Å². The summed E-state index contributed by atoms with van der Waals surface area (Å²) in [4.78, 5) is 35.3. The van der Waals surface area contributed by atoms with Crippen molar-refractivity contribution in [1.82, 2.24) is 15.6 Å². The van der Waals surface area contributed by atoms with E-state index in [9.17, 15) is 14.4 Å². The van der Waals surface area contributed by atoms with Crippen LogP contribution in [0.5, 0.6) is 5.06 Å². The molecular weight excluding hydrogens is 284 g/mol. The topological polar surface area (TPSA) is 123 Å². The average Bonchev–Trinajstić information content (AvgIpc) is 2.72. The Kier molecular flexibility index (Phi) is 5.91. The number of nitrogens with zero attached hydrogens (tertiary/aromatic N) is 1. The highest BCUT2D eigenvalue weighted by molar-refractivity contribution is 7.17. The number of thiazole rings is 1. The molecule has 1 saturated heterocycles. The fourth-order valence-corrected chi connectivity index (χ4v) is 2.18. The lowest BCUT2D eigenvalue weighted by molar-refractivity contribution is -0.135. The zero-order valence-electron chi connectivity index (χ0n) is 11.1. The summed E-state index contributed by atoms with van der Waals surface area (Å²) in [6, 6.07) is -0.537. The minimum Gasteiger partial charge on any atom is -0.486 e. The third-order valence-electron chi connectivity index (χ3n) is 2.46. The number of hydrogen-bond donors (Lipinski definition) is 3. The highest BCUT2D eigenvalue weighted by Crippen LogP contribution is 2.26. The van der Waals surface area contributed by atoms with Gasteiger partial charge >= 0.3 is 0 Å². The van der Waals surface area contributed by atoms with E-state index in [1.807, 2.05) is 6.92 Å². The van der Waals surface area contributed by atoms with Crippen molar-refractivity contribution in [2.75, 3.05) is 12.8 Å². The largest absolute Gasteiger partial charge is 0.486 e. The quantitative estimate of drug-likeness (QED) is 0.514. The first kappa shape index (κ1) is 15.9. The molecule has 20 heavy (non-hydrogen) atoms. The monoisotopic (exact) mass is 300 g/mol. The standard InChI is InChI=1S/C6H8N2O3.C5H8N2OS/c9-3-7-4-1-2-5(10)8-6(4)11;1-3-4(8-2)9-5(6)7-3/h3-4H,1-2H2,(H,7,9)(H,8,10,11);1-2H3,(H2,6,7). The molecule has 8 nitrogen and oxygen atoms in total. The Morgan fingerprint density at radius 2 is 2.25 bits per heavy atom. The van der Waals surface area contributed by atoms with Crippen LogP contribution < -0.4 is 21.1 Å². The van der Waals surface area contributed by atoms with Gasteiger partial charge in [-0.3, -0.25) is 19.7 Å². The Morgan fingerprint density at radius 1 is 1.55 bits per heavy atom. The lowest BCUT2D eigenvalue weighted by Crippen LogP contribution is -2.50. The van der Waals surface area contributed by atoms with Crippen molar-refractivity contribution >= 4 is 34.7 Å². The zero-order chi connectivity index (χ0) is 15.1. The summed E-state index contributed by atoms with van der Waals surface area (Å²) >= 11 is 1.36. The first-order valence-electron chi connectivity index (χ1n) is 5.78. The van der Waals surface area contributed by atoms with Gasteiger partial charge in [-0.05, 0) is 13.3 Å². The maximum atomic E-state index is 10.8. The molecule has 0 aliphatic carbocycles. The number of rotatable bonds is 3. The minimum absolute atomic E-state index is 0.279. The van der Waals surface area contributed by atoms with Gasteiger partial charge in [0.15, 0.2) is 10.2 Å². The Bertz CT molecular complexity index is 503. The Balaban J connectivity index is 0.000000204. The second kappa shape index (κ2) is 7.43. The lowest BCUT2D eigenvalue weighted by Gasteiger charge is -2.19. The summed E-state index contributed by atoms with van der Waals surface area (Å²) in [5.41, 5.74) is 6.24. The number of carbonyl (C=O) groups excluding carboxylic acids is 3. The number of hydrogen-bond acceptors (Lipinski definition) is 7. The van der Waals surface area contributed by atoms with Gasteiger partial charge in [0.2, 0.25) is 18.2 Å². The van der Waals surface area contributed by atoms with E-state index in [1.165, 1.54) is 11.3 Å². The highest BCUT2D eigenvalue weighted by atomic mass is 32.1. The molecule has 2 heterocycles. The van der Waals surface area contributed by atoms with Crippen LogP contribution >= 0.6 is 11.3 Å². The zero-order valence-corrected chi connectivity index (χ0v) is 12.0. The highest BCUT2D eigenvalue weighted by Gasteiger charge is 2.25. The fraction of sp³-hybridized carbons (Fsp3) is 0.455. The Morgan fingerprint density at radius 3 is 2.65 bits per heavy atom. The first-order valence-corrected chi connectivity index (χ1v) is 6.59. The van der Waals surface area contributed by atoms with E-state index >= 15 is 0 Å². The number of imide groups is 1. The Hall–Kier alpha value is -2.16. The van der Waals surface area contributed by atoms with Gasteiger partial charge in [-0.15, -0.1) is 0 Å². The summed E-state index contributed by atoms with van der Waals surface area (Å²) in [6.45, 7) is 1.87. The van der Waals surface area contributed by atoms with Gasteiger partial charge < -0.3 is 15.8 Å². The van der Waals surface area contributed by atoms with Gasteiger partial charge in [-0.1, -0.05) is 11.3 Å². The van der Waals surface area contributed by atoms with E-state index < -0.39 is 11.9 Å². The molecule has 0 saturated carbocycles. The van der Waals surface area contributed by atoms with Crippen LogP contribution in [0.2, 0.25) is 0 Å². The van der Waals surface area contributed by atoms with Gasteiger partial charge in [0.1, 0.15) is 6.04 Å². The maximum absolute atomic E-state index is 10.8. The predicted molar refractivity (Wildman–Crippen MR) is 73.2 cm³/mol. The lowest BCUT2D eigenvalue weighted by atomic mass is 10.1. The van der Waals surface area contributed by atoms with Gasteiger partial charge in [-0.25, -0.2) is 4.98 Å². The molecule has 9 heteroatoms. The minimum atomic E-state index is -0.537. The maximum Gasteiger partial charge on any atom is 0.249 e. The third-order valence-corrected chi connectivity index (χ3v) is 3.41. The molecule has 1 unspecified atom stereocenters. The van der Waals surface area contributed by atoms with Gasteiger partial charge in [-0.2, -0.15) is 0 Å². The molecule has 1 fully saturated rings. The molecule has 0 spiro atoms. The van der Waals surface area contributed by atoms with E-state index in [-0.39, 0.29) is 12.3 Å². The summed E-state index contributed by atoms with van der Waals surface area (Å²) < 4.78 is 4.94. The molecule has 1 atom stereocenters. The number of piperidine rings is 1. The van der Waals surface area contributed by atoms with E-state index in [4.69, 9.17) is 10.5 Å². The summed E-state index contributed by atoms with van der Waals surface area (Å²) in [5, 5.41) is 5.78. The average molecular weight is 300 g/mol. The van der Waals surface area contributed by atoms with Gasteiger partial charge in [0, 0.05) is 6.42 Å². The van der Waals surface area contributed by atoms with Crippen molar-refractivity contribution in [1.29, 1.82) is 0 Å². The molecule has 1 aromatic rings. The molecule has 0 bridgehead atoms. The number of aromatic nitrogens is 1. The smallest absolute Gasteiger partial charge is 0.249 e. The molecule has 1 aliphatic rings. The fourth-order valence-electron chi connectivity index (χ4n) is 1.53. The van der Waals surface area contributed by atoms with Crippen molar-refractivity contribution in [2.24, 2.45) is 0 Å². The Labute approximate surface area is 119 Å².